The van der Waals surface area contributed by atoms with Crippen LogP contribution >= 0.6 is 11.6 Å². The van der Waals surface area contributed by atoms with E-state index in [4.69, 9.17) is 16.3 Å². The molecule has 15 heavy (non-hydrogen) atoms. The number of benzene rings is 1. The first-order valence-corrected chi connectivity index (χ1v) is 5.21. The highest BCUT2D eigenvalue weighted by atomic mass is 35.5. The normalized spacial score (nSPS) is 11.2. The number of halogens is 1. The SMILES string of the molecule is CC(C)(C)OC(=O)Cc1cccc(Cl)c1. The molecule has 0 heterocycles. The van der Waals surface area contributed by atoms with Gasteiger partial charge >= 0.3 is 5.97 Å². The first-order valence-electron chi connectivity index (χ1n) is 4.83. The number of hydrogen-bond donors (Lipinski definition) is 0. The van der Waals surface area contributed by atoms with Crippen molar-refractivity contribution in [2.24, 2.45) is 0 Å². The van der Waals surface area contributed by atoms with Crippen molar-refractivity contribution < 1.29 is 9.53 Å². The molecule has 0 aliphatic heterocycles. The standard InChI is InChI=1S/C12H15ClO2/c1-12(2,3)15-11(14)8-9-5-4-6-10(13)7-9/h4-7H,8H2,1-3H3. The lowest BCUT2D eigenvalue weighted by atomic mass is 10.1. The summed E-state index contributed by atoms with van der Waals surface area (Å²) in [7, 11) is 0. The van der Waals surface area contributed by atoms with E-state index in [1.54, 1.807) is 12.1 Å². The molecule has 1 rings (SSSR count). The topological polar surface area (TPSA) is 26.3 Å². The molecule has 0 unspecified atom stereocenters. The van der Waals surface area contributed by atoms with E-state index in [1.807, 2.05) is 32.9 Å². The van der Waals surface area contributed by atoms with Gasteiger partial charge in [-0.3, -0.25) is 4.79 Å². The Morgan fingerprint density at radius 3 is 2.60 bits per heavy atom. The Kier molecular flexibility index (Phi) is 3.75. The van der Waals surface area contributed by atoms with Crippen LogP contribution in [0, 0.1) is 0 Å². The van der Waals surface area contributed by atoms with Crippen molar-refractivity contribution in [3.63, 3.8) is 0 Å². The van der Waals surface area contributed by atoms with Crippen molar-refractivity contribution >= 4 is 17.6 Å². The van der Waals surface area contributed by atoms with Crippen molar-refractivity contribution in [3.05, 3.63) is 34.9 Å². The van der Waals surface area contributed by atoms with E-state index in [1.165, 1.54) is 0 Å². The van der Waals surface area contributed by atoms with Crippen LogP contribution < -0.4 is 0 Å². The number of esters is 1. The lowest BCUT2D eigenvalue weighted by Gasteiger charge is -2.19. The first-order chi connectivity index (χ1) is 6.87. The fraction of sp³-hybridized carbons (Fsp3) is 0.417. The van der Waals surface area contributed by atoms with Gasteiger partial charge in [-0.25, -0.2) is 0 Å². The molecule has 0 fully saturated rings. The largest absolute Gasteiger partial charge is 0.460 e. The van der Waals surface area contributed by atoms with E-state index in [-0.39, 0.29) is 12.4 Å². The van der Waals surface area contributed by atoms with Gasteiger partial charge in [0.1, 0.15) is 5.60 Å². The maximum absolute atomic E-state index is 11.5. The third-order valence-corrected chi connectivity index (χ3v) is 1.89. The van der Waals surface area contributed by atoms with Crippen LogP contribution in [0.4, 0.5) is 0 Å². The maximum Gasteiger partial charge on any atom is 0.310 e. The molecule has 0 bridgehead atoms. The average Bonchev–Trinajstić information content (AvgIpc) is 1.99. The van der Waals surface area contributed by atoms with Crippen LogP contribution in [0.25, 0.3) is 0 Å². The van der Waals surface area contributed by atoms with E-state index < -0.39 is 5.60 Å². The molecule has 2 nitrogen and oxygen atoms in total. The summed E-state index contributed by atoms with van der Waals surface area (Å²) >= 11 is 5.81. The molecule has 0 amide bonds. The van der Waals surface area contributed by atoms with E-state index in [2.05, 4.69) is 0 Å². The highest BCUT2D eigenvalue weighted by Gasteiger charge is 2.16. The second kappa shape index (κ2) is 4.67. The van der Waals surface area contributed by atoms with E-state index >= 15 is 0 Å². The Morgan fingerprint density at radius 1 is 1.40 bits per heavy atom. The Labute approximate surface area is 95.2 Å². The molecule has 0 atom stereocenters. The van der Waals surface area contributed by atoms with Crippen LogP contribution in [0.2, 0.25) is 5.02 Å². The van der Waals surface area contributed by atoms with Crippen molar-refractivity contribution in [1.82, 2.24) is 0 Å². The molecule has 0 saturated heterocycles. The highest BCUT2D eigenvalue weighted by molar-refractivity contribution is 6.30. The molecule has 82 valence electrons. The van der Waals surface area contributed by atoms with Crippen molar-refractivity contribution in [1.29, 1.82) is 0 Å². The van der Waals surface area contributed by atoms with Gasteiger partial charge in [0.15, 0.2) is 0 Å². The summed E-state index contributed by atoms with van der Waals surface area (Å²) in [6.07, 6.45) is 0.262. The minimum absolute atomic E-state index is 0.232. The maximum atomic E-state index is 11.5. The summed E-state index contributed by atoms with van der Waals surface area (Å²) in [4.78, 5) is 11.5. The zero-order valence-corrected chi connectivity index (χ0v) is 9.97. The van der Waals surface area contributed by atoms with Gasteiger partial charge in [-0.2, -0.15) is 0 Å². The molecular weight excluding hydrogens is 212 g/mol. The van der Waals surface area contributed by atoms with E-state index in [0.29, 0.717) is 5.02 Å². The number of hydrogen-bond acceptors (Lipinski definition) is 2. The molecular formula is C12H15ClO2. The van der Waals surface area contributed by atoms with Gasteiger partial charge in [0, 0.05) is 5.02 Å². The zero-order chi connectivity index (χ0) is 11.5. The van der Waals surface area contributed by atoms with Crippen molar-refractivity contribution in [2.45, 2.75) is 32.8 Å². The Hall–Kier alpha value is -1.02. The van der Waals surface area contributed by atoms with Crippen LogP contribution in [-0.4, -0.2) is 11.6 Å². The van der Waals surface area contributed by atoms with Crippen molar-refractivity contribution in [3.8, 4) is 0 Å². The van der Waals surface area contributed by atoms with Crippen LogP contribution in [0.3, 0.4) is 0 Å². The van der Waals surface area contributed by atoms with Crippen LogP contribution in [-0.2, 0) is 16.0 Å². The van der Waals surface area contributed by atoms with Gasteiger partial charge in [0.2, 0.25) is 0 Å². The van der Waals surface area contributed by atoms with Crippen LogP contribution in [0.1, 0.15) is 26.3 Å². The summed E-state index contributed by atoms with van der Waals surface area (Å²) in [5, 5.41) is 0.635. The third kappa shape index (κ3) is 4.84. The molecule has 0 N–H and O–H groups in total. The molecule has 0 aliphatic rings. The smallest absolute Gasteiger partial charge is 0.310 e. The first kappa shape index (κ1) is 12.1. The van der Waals surface area contributed by atoms with Gasteiger partial charge in [-0.1, -0.05) is 23.7 Å². The molecule has 1 aromatic rings. The molecule has 0 spiro atoms. The molecule has 1 aromatic carbocycles. The highest BCUT2D eigenvalue weighted by Crippen LogP contribution is 2.13. The number of rotatable bonds is 2. The zero-order valence-electron chi connectivity index (χ0n) is 9.21. The minimum atomic E-state index is -0.435. The number of carbonyl (C=O) groups excluding carboxylic acids is 1. The minimum Gasteiger partial charge on any atom is -0.460 e. The second-order valence-electron chi connectivity index (χ2n) is 4.39. The predicted molar refractivity (Wildman–Crippen MR) is 61.0 cm³/mol. The molecule has 0 radical (unpaired) electrons. The average molecular weight is 227 g/mol. The van der Waals surface area contributed by atoms with Gasteiger partial charge in [-0.15, -0.1) is 0 Å². The van der Waals surface area contributed by atoms with Crippen molar-refractivity contribution in [2.75, 3.05) is 0 Å². The number of ether oxygens (including phenoxy) is 1. The summed E-state index contributed by atoms with van der Waals surface area (Å²) in [5.74, 6) is -0.232. The van der Waals surface area contributed by atoms with E-state index in [9.17, 15) is 4.79 Å². The Bertz CT molecular complexity index is 353. The summed E-state index contributed by atoms with van der Waals surface area (Å²) in [6.45, 7) is 5.55. The lowest BCUT2D eigenvalue weighted by Crippen LogP contribution is -2.24. The predicted octanol–water partition coefficient (Wildman–Crippen LogP) is 3.22. The van der Waals surface area contributed by atoms with Gasteiger partial charge in [-0.05, 0) is 38.5 Å². The summed E-state index contributed by atoms with van der Waals surface area (Å²) in [6, 6.07) is 7.23. The summed E-state index contributed by atoms with van der Waals surface area (Å²) in [5.41, 5.74) is 0.437. The second-order valence-corrected chi connectivity index (χ2v) is 4.83. The van der Waals surface area contributed by atoms with Gasteiger partial charge in [0.05, 0.1) is 6.42 Å². The number of carbonyl (C=O) groups is 1. The fourth-order valence-corrected chi connectivity index (χ4v) is 1.40. The van der Waals surface area contributed by atoms with Crippen LogP contribution in [0.15, 0.2) is 24.3 Å². The molecule has 0 saturated carbocycles. The third-order valence-electron chi connectivity index (χ3n) is 1.66. The molecule has 0 aromatic heterocycles. The quantitative estimate of drug-likeness (QED) is 0.724. The molecule has 0 aliphatic carbocycles. The van der Waals surface area contributed by atoms with Crippen LogP contribution in [0.5, 0.6) is 0 Å². The summed E-state index contributed by atoms with van der Waals surface area (Å²) < 4.78 is 5.20. The molecule has 3 heteroatoms. The lowest BCUT2D eigenvalue weighted by molar-refractivity contribution is -0.153. The Balaban J connectivity index is 2.59. The van der Waals surface area contributed by atoms with Gasteiger partial charge in [0.25, 0.3) is 0 Å². The van der Waals surface area contributed by atoms with Gasteiger partial charge < -0.3 is 4.74 Å². The monoisotopic (exact) mass is 226 g/mol. The fourth-order valence-electron chi connectivity index (χ4n) is 1.19. The van der Waals surface area contributed by atoms with E-state index in [0.717, 1.165) is 5.56 Å². The Morgan fingerprint density at radius 2 is 2.07 bits per heavy atom.